The minimum absolute atomic E-state index is 0.542. The number of hydrogen-bond donors (Lipinski definition) is 1. The number of thiazole rings is 1. The summed E-state index contributed by atoms with van der Waals surface area (Å²) in [6, 6.07) is 0.542. The molecule has 3 heteroatoms. The van der Waals surface area contributed by atoms with Crippen LogP contribution in [0.1, 0.15) is 56.6 Å². The summed E-state index contributed by atoms with van der Waals surface area (Å²) in [4.78, 5) is 6.24. The molecule has 0 amide bonds. The molecule has 0 bridgehead atoms. The highest BCUT2D eigenvalue weighted by Crippen LogP contribution is 2.22. The third kappa shape index (κ3) is 5.17. The first-order chi connectivity index (χ1) is 8.02. The summed E-state index contributed by atoms with van der Waals surface area (Å²) in [6.45, 7) is 12.1. The van der Waals surface area contributed by atoms with Gasteiger partial charge < -0.3 is 5.32 Å². The molecule has 1 heterocycles. The molecule has 0 fully saturated rings. The van der Waals surface area contributed by atoms with Crippen molar-refractivity contribution in [1.29, 1.82) is 0 Å². The fourth-order valence-electron chi connectivity index (χ4n) is 1.74. The average Bonchev–Trinajstić information content (AvgIpc) is 2.57. The lowest BCUT2D eigenvalue weighted by molar-refractivity contribution is 0.589. The van der Waals surface area contributed by atoms with Gasteiger partial charge in [-0.1, -0.05) is 41.0 Å². The molecule has 2 nitrogen and oxygen atoms in total. The van der Waals surface area contributed by atoms with E-state index in [9.17, 15) is 0 Å². The standard InChI is InChI=1S/C14H26N2S/c1-6-7-12-13(9-15-11(4)5)17-14(16-12)8-10(2)3/h10-11,15H,6-9H2,1-5H3. The van der Waals surface area contributed by atoms with Crippen LogP contribution in [0.3, 0.4) is 0 Å². The van der Waals surface area contributed by atoms with Crippen molar-refractivity contribution in [3.63, 3.8) is 0 Å². The van der Waals surface area contributed by atoms with Gasteiger partial charge in [0.05, 0.1) is 10.7 Å². The first-order valence-corrected chi connectivity index (χ1v) is 7.55. The van der Waals surface area contributed by atoms with Gasteiger partial charge in [-0.2, -0.15) is 0 Å². The van der Waals surface area contributed by atoms with Gasteiger partial charge in [-0.25, -0.2) is 4.98 Å². The highest BCUT2D eigenvalue weighted by Gasteiger charge is 2.11. The van der Waals surface area contributed by atoms with Gasteiger partial charge in [-0.3, -0.25) is 0 Å². The second-order valence-corrected chi connectivity index (χ2v) is 6.53. The van der Waals surface area contributed by atoms with Crippen LogP contribution in [0.15, 0.2) is 0 Å². The SMILES string of the molecule is CCCc1nc(CC(C)C)sc1CNC(C)C. The Morgan fingerprint density at radius 2 is 1.94 bits per heavy atom. The highest BCUT2D eigenvalue weighted by atomic mass is 32.1. The molecule has 0 radical (unpaired) electrons. The Bertz CT molecular complexity index is 329. The van der Waals surface area contributed by atoms with Crippen molar-refractivity contribution in [3.8, 4) is 0 Å². The van der Waals surface area contributed by atoms with E-state index in [4.69, 9.17) is 4.98 Å². The van der Waals surface area contributed by atoms with Crippen LogP contribution in [0, 0.1) is 5.92 Å². The molecule has 0 atom stereocenters. The molecule has 98 valence electrons. The number of hydrogen-bond acceptors (Lipinski definition) is 3. The number of nitrogens with one attached hydrogen (secondary N) is 1. The predicted molar refractivity (Wildman–Crippen MR) is 76.6 cm³/mol. The third-order valence-corrected chi connectivity index (χ3v) is 3.68. The van der Waals surface area contributed by atoms with Crippen LogP contribution in [0.5, 0.6) is 0 Å². The van der Waals surface area contributed by atoms with Gasteiger partial charge in [0.1, 0.15) is 0 Å². The smallest absolute Gasteiger partial charge is 0.0934 e. The lowest BCUT2D eigenvalue weighted by atomic mass is 10.1. The predicted octanol–water partition coefficient (Wildman–Crippen LogP) is 3.79. The largest absolute Gasteiger partial charge is 0.310 e. The van der Waals surface area contributed by atoms with E-state index in [-0.39, 0.29) is 0 Å². The first-order valence-electron chi connectivity index (χ1n) is 6.73. The maximum absolute atomic E-state index is 4.80. The van der Waals surface area contributed by atoms with Crippen molar-refractivity contribution < 1.29 is 0 Å². The van der Waals surface area contributed by atoms with E-state index >= 15 is 0 Å². The van der Waals surface area contributed by atoms with Crippen LogP contribution in [0.2, 0.25) is 0 Å². The summed E-state index contributed by atoms with van der Waals surface area (Å²) in [6.07, 6.45) is 3.41. The molecule has 0 unspecified atom stereocenters. The van der Waals surface area contributed by atoms with Gasteiger partial charge >= 0.3 is 0 Å². The Morgan fingerprint density at radius 3 is 2.47 bits per heavy atom. The molecule has 1 rings (SSSR count). The summed E-state index contributed by atoms with van der Waals surface area (Å²) < 4.78 is 0. The third-order valence-electron chi connectivity index (χ3n) is 2.56. The Labute approximate surface area is 110 Å². The monoisotopic (exact) mass is 254 g/mol. The summed E-state index contributed by atoms with van der Waals surface area (Å²) in [5.74, 6) is 0.696. The van der Waals surface area contributed by atoms with E-state index in [0.717, 1.165) is 19.4 Å². The van der Waals surface area contributed by atoms with Gasteiger partial charge in [-0.15, -0.1) is 11.3 Å². The molecular weight excluding hydrogens is 228 g/mol. The van der Waals surface area contributed by atoms with E-state index in [0.29, 0.717) is 12.0 Å². The zero-order chi connectivity index (χ0) is 12.8. The van der Waals surface area contributed by atoms with Crippen molar-refractivity contribution in [2.24, 2.45) is 5.92 Å². The number of aromatic nitrogens is 1. The molecule has 0 aromatic carbocycles. The molecule has 17 heavy (non-hydrogen) atoms. The van der Waals surface area contributed by atoms with Crippen LogP contribution in [-0.2, 0) is 19.4 Å². The van der Waals surface area contributed by atoms with Gasteiger partial charge in [0, 0.05) is 23.9 Å². The molecule has 1 N–H and O–H groups in total. The molecule has 1 aromatic heterocycles. The van der Waals surface area contributed by atoms with E-state index in [1.807, 2.05) is 11.3 Å². The lowest BCUT2D eigenvalue weighted by Crippen LogP contribution is -2.21. The summed E-state index contributed by atoms with van der Waals surface area (Å²) in [5, 5.41) is 4.81. The first kappa shape index (κ1) is 14.7. The zero-order valence-corrected chi connectivity index (χ0v) is 12.7. The molecule has 0 aliphatic rings. The Balaban J connectivity index is 2.73. The van der Waals surface area contributed by atoms with E-state index in [2.05, 4.69) is 39.9 Å². The van der Waals surface area contributed by atoms with Crippen LogP contribution in [-0.4, -0.2) is 11.0 Å². The van der Waals surface area contributed by atoms with Crippen molar-refractivity contribution in [2.75, 3.05) is 0 Å². The minimum atomic E-state index is 0.542. The number of nitrogens with zero attached hydrogens (tertiary/aromatic N) is 1. The normalized spacial score (nSPS) is 11.7. The van der Waals surface area contributed by atoms with Crippen LogP contribution in [0.25, 0.3) is 0 Å². The highest BCUT2D eigenvalue weighted by molar-refractivity contribution is 7.11. The fraction of sp³-hybridized carbons (Fsp3) is 0.786. The number of aryl methyl sites for hydroxylation is 1. The van der Waals surface area contributed by atoms with Crippen LogP contribution in [0.4, 0.5) is 0 Å². The topological polar surface area (TPSA) is 24.9 Å². The van der Waals surface area contributed by atoms with E-state index in [1.54, 1.807) is 0 Å². The van der Waals surface area contributed by atoms with Crippen LogP contribution < -0.4 is 5.32 Å². The fourth-order valence-corrected chi connectivity index (χ4v) is 3.02. The molecule has 0 aliphatic carbocycles. The van der Waals surface area contributed by atoms with E-state index < -0.39 is 0 Å². The van der Waals surface area contributed by atoms with E-state index in [1.165, 1.54) is 22.0 Å². The minimum Gasteiger partial charge on any atom is -0.310 e. The summed E-state index contributed by atoms with van der Waals surface area (Å²) >= 11 is 1.90. The Kier molecular flexibility index (Phi) is 6.14. The molecular formula is C14H26N2S. The van der Waals surface area contributed by atoms with Crippen molar-refractivity contribution in [1.82, 2.24) is 10.3 Å². The second-order valence-electron chi connectivity index (χ2n) is 5.36. The van der Waals surface area contributed by atoms with Gasteiger partial charge in [0.25, 0.3) is 0 Å². The van der Waals surface area contributed by atoms with Crippen molar-refractivity contribution in [3.05, 3.63) is 15.6 Å². The van der Waals surface area contributed by atoms with Gasteiger partial charge in [-0.05, 0) is 12.3 Å². The Morgan fingerprint density at radius 1 is 1.24 bits per heavy atom. The van der Waals surface area contributed by atoms with Crippen LogP contribution >= 0.6 is 11.3 Å². The zero-order valence-electron chi connectivity index (χ0n) is 11.8. The summed E-state index contributed by atoms with van der Waals surface area (Å²) in [5.41, 5.74) is 1.32. The second kappa shape index (κ2) is 7.12. The number of rotatable bonds is 7. The molecule has 1 aromatic rings. The lowest BCUT2D eigenvalue weighted by Gasteiger charge is -2.07. The average molecular weight is 254 g/mol. The molecule has 0 saturated carbocycles. The van der Waals surface area contributed by atoms with Gasteiger partial charge in [0.2, 0.25) is 0 Å². The summed E-state index contributed by atoms with van der Waals surface area (Å²) in [7, 11) is 0. The molecule has 0 spiro atoms. The molecule has 0 aliphatic heterocycles. The Hall–Kier alpha value is -0.410. The van der Waals surface area contributed by atoms with Crippen molar-refractivity contribution in [2.45, 2.75) is 66.5 Å². The maximum atomic E-state index is 4.80. The van der Waals surface area contributed by atoms with Gasteiger partial charge in [0.15, 0.2) is 0 Å². The van der Waals surface area contributed by atoms with Crippen molar-refractivity contribution >= 4 is 11.3 Å². The molecule has 0 saturated heterocycles. The quantitative estimate of drug-likeness (QED) is 0.800. The maximum Gasteiger partial charge on any atom is 0.0934 e.